The van der Waals surface area contributed by atoms with Crippen molar-refractivity contribution in [1.82, 2.24) is 0 Å². The number of halogens is 1. The summed E-state index contributed by atoms with van der Waals surface area (Å²) in [5.74, 6) is 0.504. The Morgan fingerprint density at radius 2 is 2.00 bits per heavy atom. The molecule has 0 radical (unpaired) electrons. The Hall–Kier alpha value is -1.29. The first-order valence-corrected chi connectivity index (χ1v) is 5.21. The fraction of sp³-hybridized carbons (Fsp3) is 0.500. The maximum absolute atomic E-state index is 13.7. The fourth-order valence-corrected chi connectivity index (χ4v) is 1.78. The van der Waals surface area contributed by atoms with Crippen LogP contribution in [0.25, 0.3) is 0 Å². The van der Waals surface area contributed by atoms with Gasteiger partial charge in [0.05, 0.1) is 19.8 Å². The Morgan fingerprint density at radius 3 is 2.50 bits per heavy atom. The van der Waals surface area contributed by atoms with Gasteiger partial charge in [0.25, 0.3) is 0 Å². The number of hydrogen-bond donors (Lipinski definition) is 1. The molecule has 4 heteroatoms. The van der Waals surface area contributed by atoms with Crippen LogP contribution in [-0.2, 0) is 6.42 Å². The monoisotopic (exact) mass is 226 g/mol. The Bertz CT molecular complexity index is 399. The SMILES string of the molecule is COc1ccc(F)c(CC2(O)CC2)c1OC. The van der Waals surface area contributed by atoms with Gasteiger partial charge in [0.2, 0.25) is 0 Å². The molecule has 1 saturated carbocycles. The van der Waals surface area contributed by atoms with Crippen LogP contribution in [0.1, 0.15) is 18.4 Å². The maximum Gasteiger partial charge on any atom is 0.166 e. The smallest absolute Gasteiger partial charge is 0.166 e. The third kappa shape index (κ3) is 1.97. The first-order valence-electron chi connectivity index (χ1n) is 5.21. The Morgan fingerprint density at radius 1 is 1.31 bits per heavy atom. The van der Waals surface area contributed by atoms with Crippen molar-refractivity contribution in [3.8, 4) is 11.5 Å². The van der Waals surface area contributed by atoms with Gasteiger partial charge < -0.3 is 14.6 Å². The third-order valence-electron chi connectivity index (χ3n) is 2.92. The highest BCUT2D eigenvalue weighted by Gasteiger charge is 2.41. The molecule has 0 aromatic heterocycles. The summed E-state index contributed by atoms with van der Waals surface area (Å²) in [6.45, 7) is 0. The average molecular weight is 226 g/mol. The molecule has 16 heavy (non-hydrogen) atoms. The van der Waals surface area contributed by atoms with Crippen LogP contribution in [0.4, 0.5) is 4.39 Å². The molecule has 1 N–H and O–H groups in total. The van der Waals surface area contributed by atoms with Gasteiger partial charge in [-0.2, -0.15) is 0 Å². The highest BCUT2D eigenvalue weighted by molar-refractivity contribution is 5.48. The van der Waals surface area contributed by atoms with Crippen LogP contribution in [0.5, 0.6) is 11.5 Å². The van der Waals surface area contributed by atoms with Gasteiger partial charge in [0, 0.05) is 12.0 Å². The first-order chi connectivity index (χ1) is 7.59. The molecule has 0 heterocycles. The van der Waals surface area contributed by atoms with Crippen molar-refractivity contribution < 1.29 is 19.0 Å². The predicted molar refractivity (Wildman–Crippen MR) is 57.4 cm³/mol. The lowest BCUT2D eigenvalue weighted by atomic mass is 10.0. The topological polar surface area (TPSA) is 38.7 Å². The molecular formula is C12H15FO3. The second kappa shape index (κ2) is 3.94. The molecule has 0 spiro atoms. The summed E-state index contributed by atoms with van der Waals surface area (Å²) < 4.78 is 23.9. The summed E-state index contributed by atoms with van der Waals surface area (Å²) in [6.07, 6.45) is 1.71. The van der Waals surface area contributed by atoms with Crippen molar-refractivity contribution in [2.24, 2.45) is 0 Å². The standard InChI is InChI=1S/C12H15FO3/c1-15-10-4-3-9(13)8(11(10)16-2)7-12(14)5-6-12/h3-4,14H,5-7H2,1-2H3. The molecule has 1 aliphatic rings. The number of ether oxygens (including phenoxy) is 2. The van der Waals surface area contributed by atoms with Gasteiger partial charge in [-0.25, -0.2) is 4.39 Å². The van der Waals surface area contributed by atoms with Gasteiger partial charge in [-0.05, 0) is 25.0 Å². The minimum absolute atomic E-state index is 0.277. The molecule has 0 amide bonds. The van der Waals surface area contributed by atoms with Crippen molar-refractivity contribution in [3.05, 3.63) is 23.5 Å². The number of methoxy groups -OCH3 is 2. The van der Waals surface area contributed by atoms with Crippen molar-refractivity contribution in [1.29, 1.82) is 0 Å². The lowest BCUT2D eigenvalue weighted by Crippen LogP contribution is -2.13. The van der Waals surface area contributed by atoms with Gasteiger partial charge in [0.15, 0.2) is 11.5 Å². The molecule has 3 nitrogen and oxygen atoms in total. The zero-order chi connectivity index (χ0) is 11.8. The van der Waals surface area contributed by atoms with E-state index >= 15 is 0 Å². The van der Waals surface area contributed by atoms with Crippen LogP contribution in [-0.4, -0.2) is 24.9 Å². The second-order valence-electron chi connectivity index (χ2n) is 4.16. The van der Waals surface area contributed by atoms with E-state index in [4.69, 9.17) is 9.47 Å². The van der Waals surface area contributed by atoms with E-state index in [9.17, 15) is 9.50 Å². The number of hydrogen-bond acceptors (Lipinski definition) is 3. The number of rotatable bonds is 4. The molecule has 0 aliphatic heterocycles. The minimum Gasteiger partial charge on any atom is -0.493 e. The van der Waals surface area contributed by atoms with Crippen LogP contribution in [0.15, 0.2) is 12.1 Å². The lowest BCUT2D eigenvalue weighted by Gasteiger charge is -2.15. The molecule has 0 unspecified atom stereocenters. The van der Waals surface area contributed by atoms with Gasteiger partial charge >= 0.3 is 0 Å². The molecule has 1 fully saturated rings. The van der Waals surface area contributed by atoms with Gasteiger partial charge in [-0.1, -0.05) is 0 Å². The van der Waals surface area contributed by atoms with E-state index in [1.807, 2.05) is 0 Å². The molecule has 0 bridgehead atoms. The lowest BCUT2D eigenvalue weighted by molar-refractivity contribution is 0.148. The summed E-state index contributed by atoms with van der Waals surface area (Å²) in [5, 5.41) is 9.83. The van der Waals surface area contributed by atoms with E-state index in [1.165, 1.54) is 26.4 Å². The summed E-state index contributed by atoms with van der Waals surface area (Å²) in [4.78, 5) is 0. The number of aliphatic hydroxyl groups is 1. The average Bonchev–Trinajstić information content (AvgIpc) is 2.99. The fourth-order valence-electron chi connectivity index (χ4n) is 1.78. The Balaban J connectivity index is 2.39. The molecular weight excluding hydrogens is 211 g/mol. The van der Waals surface area contributed by atoms with Crippen molar-refractivity contribution in [2.45, 2.75) is 24.9 Å². The molecule has 88 valence electrons. The first kappa shape index (κ1) is 11.2. The maximum atomic E-state index is 13.7. The Kier molecular flexibility index (Phi) is 2.76. The molecule has 1 aromatic rings. The summed E-state index contributed by atoms with van der Waals surface area (Å²) in [7, 11) is 2.98. The highest BCUT2D eigenvalue weighted by atomic mass is 19.1. The predicted octanol–water partition coefficient (Wildman–Crippen LogP) is 1.91. The quantitative estimate of drug-likeness (QED) is 0.852. The van der Waals surface area contributed by atoms with Crippen molar-refractivity contribution in [2.75, 3.05) is 14.2 Å². The highest BCUT2D eigenvalue weighted by Crippen LogP contribution is 2.43. The van der Waals surface area contributed by atoms with E-state index in [0.717, 1.165) is 0 Å². The second-order valence-corrected chi connectivity index (χ2v) is 4.16. The molecule has 0 atom stereocenters. The van der Waals surface area contributed by atoms with Crippen LogP contribution >= 0.6 is 0 Å². The van der Waals surface area contributed by atoms with Gasteiger partial charge in [-0.15, -0.1) is 0 Å². The van der Waals surface area contributed by atoms with Gasteiger partial charge in [-0.3, -0.25) is 0 Å². The van der Waals surface area contributed by atoms with E-state index in [0.29, 0.717) is 29.9 Å². The normalized spacial score (nSPS) is 17.0. The molecule has 1 aliphatic carbocycles. The zero-order valence-electron chi connectivity index (χ0n) is 9.42. The van der Waals surface area contributed by atoms with E-state index in [2.05, 4.69) is 0 Å². The zero-order valence-corrected chi connectivity index (χ0v) is 9.42. The number of benzene rings is 1. The van der Waals surface area contributed by atoms with Crippen molar-refractivity contribution >= 4 is 0 Å². The summed E-state index contributed by atoms with van der Waals surface area (Å²) >= 11 is 0. The van der Waals surface area contributed by atoms with Crippen LogP contribution in [0, 0.1) is 5.82 Å². The molecule has 0 saturated heterocycles. The van der Waals surface area contributed by atoms with Crippen molar-refractivity contribution in [3.63, 3.8) is 0 Å². The minimum atomic E-state index is -0.750. The largest absolute Gasteiger partial charge is 0.493 e. The van der Waals surface area contributed by atoms with E-state index in [1.54, 1.807) is 0 Å². The van der Waals surface area contributed by atoms with Crippen LogP contribution in [0.3, 0.4) is 0 Å². The van der Waals surface area contributed by atoms with E-state index < -0.39 is 5.60 Å². The Labute approximate surface area is 93.8 Å². The third-order valence-corrected chi connectivity index (χ3v) is 2.92. The molecule has 2 rings (SSSR count). The van der Waals surface area contributed by atoms with Crippen LogP contribution < -0.4 is 9.47 Å². The summed E-state index contributed by atoms with van der Waals surface area (Å²) in [6, 6.07) is 2.86. The van der Waals surface area contributed by atoms with E-state index in [-0.39, 0.29) is 12.2 Å². The summed E-state index contributed by atoms with van der Waals surface area (Å²) in [5.41, 5.74) is -0.359. The van der Waals surface area contributed by atoms with Gasteiger partial charge in [0.1, 0.15) is 5.82 Å². The molecule has 1 aromatic carbocycles. The van der Waals surface area contributed by atoms with Crippen LogP contribution in [0.2, 0.25) is 0 Å².